The van der Waals surface area contributed by atoms with Crippen molar-refractivity contribution in [2.24, 2.45) is 5.92 Å². The molecule has 1 unspecified atom stereocenters. The molecule has 0 amide bonds. The first-order chi connectivity index (χ1) is 8.22. The Balaban J connectivity index is 2.08. The van der Waals surface area contributed by atoms with E-state index in [4.69, 9.17) is 4.74 Å². The van der Waals surface area contributed by atoms with Crippen LogP contribution in [-0.4, -0.2) is 18.6 Å². The van der Waals surface area contributed by atoms with Gasteiger partial charge in [-0.2, -0.15) is 0 Å². The molecule has 1 aromatic carbocycles. The van der Waals surface area contributed by atoms with Crippen molar-refractivity contribution < 1.29 is 9.53 Å². The normalized spacial score (nSPS) is 16.4. The first-order valence-corrected chi connectivity index (χ1v) is 6.21. The second-order valence-electron chi connectivity index (χ2n) is 4.53. The molecule has 1 aliphatic rings. The molecule has 0 bridgehead atoms. The van der Waals surface area contributed by atoms with Gasteiger partial charge in [0.05, 0.1) is 6.61 Å². The fraction of sp³-hybridized carbons (Fsp3) is 0.500. The Bertz CT molecular complexity index is 399. The summed E-state index contributed by atoms with van der Waals surface area (Å²) >= 11 is 0. The van der Waals surface area contributed by atoms with Crippen LogP contribution in [0.3, 0.4) is 0 Å². The molecule has 2 rings (SSSR count). The summed E-state index contributed by atoms with van der Waals surface area (Å²) in [5.74, 6) is 0.312. The summed E-state index contributed by atoms with van der Waals surface area (Å²) < 4.78 is 5.12. The predicted molar refractivity (Wildman–Crippen MR) is 67.9 cm³/mol. The van der Waals surface area contributed by atoms with E-state index in [-0.39, 0.29) is 12.0 Å². The van der Waals surface area contributed by atoms with E-state index in [0.29, 0.717) is 12.5 Å². The highest BCUT2D eigenvalue weighted by molar-refractivity contribution is 5.80. The van der Waals surface area contributed by atoms with Crippen LogP contribution in [0.15, 0.2) is 24.3 Å². The molecule has 1 N–H and O–H groups in total. The minimum absolute atomic E-state index is 0.127. The van der Waals surface area contributed by atoms with Gasteiger partial charge in [0.1, 0.15) is 6.04 Å². The molecule has 92 valence electrons. The molecular formula is C14H19NO2. The maximum Gasteiger partial charge on any atom is 0.328 e. The van der Waals surface area contributed by atoms with E-state index < -0.39 is 0 Å². The SMILES string of the molecule is CCOC(=O)C(Nc1ccccc1C)C1CC1. The van der Waals surface area contributed by atoms with Gasteiger partial charge >= 0.3 is 5.97 Å². The van der Waals surface area contributed by atoms with Crippen LogP contribution in [-0.2, 0) is 9.53 Å². The quantitative estimate of drug-likeness (QED) is 0.795. The summed E-state index contributed by atoms with van der Waals surface area (Å²) in [7, 11) is 0. The van der Waals surface area contributed by atoms with E-state index >= 15 is 0 Å². The maximum atomic E-state index is 11.9. The van der Waals surface area contributed by atoms with Gasteiger partial charge in [-0.05, 0) is 44.2 Å². The van der Waals surface area contributed by atoms with Crippen LogP contribution in [0.4, 0.5) is 5.69 Å². The number of aryl methyl sites for hydroxylation is 1. The van der Waals surface area contributed by atoms with Gasteiger partial charge in [-0.3, -0.25) is 0 Å². The van der Waals surface area contributed by atoms with Crippen molar-refractivity contribution in [2.45, 2.75) is 32.7 Å². The van der Waals surface area contributed by atoms with E-state index in [1.165, 1.54) is 0 Å². The predicted octanol–water partition coefficient (Wildman–Crippen LogP) is 2.75. The molecule has 0 radical (unpaired) electrons. The van der Waals surface area contributed by atoms with Crippen LogP contribution in [0.2, 0.25) is 0 Å². The van der Waals surface area contributed by atoms with Crippen molar-refractivity contribution in [2.75, 3.05) is 11.9 Å². The molecule has 1 fully saturated rings. The Morgan fingerprint density at radius 3 is 2.76 bits per heavy atom. The molecule has 0 spiro atoms. The third-order valence-electron chi connectivity index (χ3n) is 3.09. The van der Waals surface area contributed by atoms with Gasteiger partial charge in [0.15, 0.2) is 0 Å². The molecule has 1 aromatic rings. The molecule has 1 saturated carbocycles. The zero-order valence-electron chi connectivity index (χ0n) is 10.4. The standard InChI is InChI=1S/C14H19NO2/c1-3-17-14(16)13(11-8-9-11)15-12-7-5-4-6-10(12)2/h4-7,11,13,15H,3,8-9H2,1-2H3. The number of anilines is 1. The molecular weight excluding hydrogens is 214 g/mol. The minimum atomic E-state index is -0.184. The molecule has 0 heterocycles. The lowest BCUT2D eigenvalue weighted by atomic mass is 10.1. The maximum absolute atomic E-state index is 11.9. The van der Waals surface area contributed by atoms with E-state index in [1.807, 2.05) is 38.1 Å². The number of carbonyl (C=O) groups is 1. The molecule has 0 aliphatic heterocycles. The van der Waals surface area contributed by atoms with E-state index in [0.717, 1.165) is 24.1 Å². The third-order valence-corrected chi connectivity index (χ3v) is 3.09. The van der Waals surface area contributed by atoms with Gasteiger partial charge in [0, 0.05) is 5.69 Å². The van der Waals surface area contributed by atoms with Crippen LogP contribution < -0.4 is 5.32 Å². The first kappa shape index (κ1) is 12.0. The van der Waals surface area contributed by atoms with Crippen LogP contribution >= 0.6 is 0 Å². The van der Waals surface area contributed by atoms with Crippen LogP contribution in [0, 0.1) is 12.8 Å². The van der Waals surface area contributed by atoms with Crippen LogP contribution in [0.5, 0.6) is 0 Å². The van der Waals surface area contributed by atoms with E-state index in [9.17, 15) is 4.79 Å². The lowest BCUT2D eigenvalue weighted by Crippen LogP contribution is -2.33. The van der Waals surface area contributed by atoms with Crippen molar-refractivity contribution in [3.8, 4) is 0 Å². The van der Waals surface area contributed by atoms with Crippen molar-refractivity contribution in [3.05, 3.63) is 29.8 Å². The molecule has 0 aromatic heterocycles. The summed E-state index contributed by atoms with van der Waals surface area (Å²) in [5.41, 5.74) is 2.18. The van der Waals surface area contributed by atoms with Gasteiger partial charge in [-0.25, -0.2) is 4.79 Å². The highest BCUT2D eigenvalue weighted by Crippen LogP contribution is 2.35. The van der Waals surface area contributed by atoms with Gasteiger partial charge < -0.3 is 10.1 Å². The summed E-state index contributed by atoms with van der Waals surface area (Å²) in [6.07, 6.45) is 2.23. The Morgan fingerprint density at radius 1 is 1.47 bits per heavy atom. The number of benzene rings is 1. The number of hydrogen-bond acceptors (Lipinski definition) is 3. The molecule has 3 heteroatoms. The summed E-state index contributed by atoms with van der Waals surface area (Å²) in [6.45, 7) is 4.32. The highest BCUT2D eigenvalue weighted by Gasteiger charge is 2.37. The Kier molecular flexibility index (Phi) is 3.67. The Morgan fingerprint density at radius 2 is 2.18 bits per heavy atom. The topological polar surface area (TPSA) is 38.3 Å². The Hall–Kier alpha value is -1.51. The largest absolute Gasteiger partial charge is 0.464 e. The van der Waals surface area contributed by atoms with E-state index in [1.54, 1.807) is 0 Å². The van der Waals surface area contributed by atoms with Crippen molar-refractivity contribution in [1.29, 1.82) is 0 Å². The molecule has 17 heavy (non-hydrogen) atoms. The fourth-order valence-electron chi connectivity index (χ4n) is 1.93. The summed E-state index contributed by atoms with van der Waals surface area (Å²) in [6, 6.07) is 7.83. The zero-order chi connectivity index (χ0) is 12.3. The van der Waals surface area contributed by atoms with E-state index in [2.05, 4.69) is 5.32 Å². The van der Waals surface area contributed by atoms with Gasteiger partial charge in [-0.1, -0.05) is 18.2 Å². The average Bonchev–Trinajstić information content (AvgIpc) is 3.12. The van der Waals surface area contributed by atoms with Crippen LogP contribution in [0.1, 0.15) is 25.3 Å². The average molecular weight is 233 g/mol. The van der Waals surface area contributed by atoms with Crippen molar-refractivity contribution in [3.63, 3.8) is 0 Å². The number of nitrogens with one attached hydrogen (secondary N) is 1. The number of hydrogen-bond donors (Lipinski definition) is 1. The smallest absolute Gasteiger partial charge is 0.328 e. The number of para-hydroxylation sites is 1. The van der Waals surface area contributed by atoms with Crippen molar-refractivity contribution in [1.82, 2.24) is 0 Å². The molecule has 0 saturated heterocycles. The fourth-order valence-corrected chi connectivity index (χ4v) is 1.93. The summed E-state index contributed by atoms with van der Waals surface area (Å²) in [5, 5.41) is 3.32. The highest BCUT2D eigenvalue weighted by atomic mass is 16.5. The van der Waals surface area contributed by atoms with Gasteiger partial charge in [0.25, 0.3) is 0 Å². The zero-order valence-corrected chi connectivity index (χ0v) is 10.4. The molecule has 3 nitrogen and oxygen atoms in total. The first-order valence-electron chi connectivity index (χ1n) is 6.21. The lowest BCUT2D eigenvalue weighted by molar-refractivity contribution is -0.144. The number of carbonyl (C=O) groups excluding carboxylic acids is 1. The lowest BCUT2D eigenvalue weighted by Gasteiger charge is -2.19. The Labute approximate surface area is 102 Å². The second kappa shape index (κ2) is 5.21. The molecule has 1 aliphatic carbocycles. The second-order valence-corrected chi connectivity index (χ2v) is 4.53. The van der Waals surface area contributed by atoms with Crippen molar-refractivity contribution >= 4 is 11.7 Å². The monoisotopic (exact) mass is 233 g/mol. The van der Waals surface area contributed by atoms with Crippen LogP contribution in [0.25, 0.3) is 0 Å². The number of esters is 1. The third kappa shape index (κ3) is 2.99. The molecule has 1 atom stereocenters. The number of ether oxygens (including phenoxy) is 1. The minimum Gasteiger partial charge on any atom is -0.464 e. The number of rotatable bonds is 5. The van der Waals surface area contributed by atoms with Gasteiger partial charge in [-0.15, -0.1) is 0 Å². The summed E-state index contributed by atoms with van der Waals surface area (Å²) in [4.78, 5) is 11.9. The van der Waals surface area contributed by atoms with Gasteiger partial charge in [0.2, 0.25) is 0 Å².